The number of hydrogen-bond acceptors (Lipinski definition) is 1. The van der Waals surface area contributed by atoms with Gasteiger partial charge in [-0.1, -0.05) is 51.9 Å². The van der Waals surface area contributed by atoms with Gasteiger partial charge in [0.1, 0.15) is 0 Å². The molecule has 0 aromatic carbocycles. The Morgan fingerprint density at radius 2 is 1.50 bits per heavy atom. The van der Waals surface area contributed by atoms with Crippen LogP contribution in [0.3, 0.4) is 0 Å². The highest BCUT2D eigenvalue weighted by atomic mass is 14.8. The van der Waals surface area contributed by atoms with Gasteiger partial charge in [-0.25, -0.2) is 0 Å². The van der Waals surface area contributed by atoms with Crippen LogP contribution >= 0.6 is 0 Å². The van der Waals surface area contributed by atoms with Gasteiger partial charge in [-0.3, -0.25) is 0 Å². The third-order valence-electron chi connectivity index (χ3n) is 2.16. The first-order chi connectivity index (χ1) is 5.91. The van der Waals surface area contributed by atoms with E-state index < -0.39 is 0 Å². The third kappa shape index (κ3) is 9.96. The molecule has 0 aromatic rings. The fourth-order valence-electron chi connectivity index (χ4n) is 1.35. The molecule has 0 saturated heterocycles. The SMILES string of the molecule is CCCCCCCCC[CH]NC. The smallest absolute Gasteiger partial charge is 0.0218 e. The number of unbranched alkanes of at least 4 members (excludes halogenated alkanes) is 7. The van der Waals surface area contributed by atoms with Gasteiger partial charge in [0, 0.05) is 6.54 Å². The molecule has 0 atom stereocenters. The molecular weight excluding hydrogens is 146 g/mol. The van der Waals surface area contributed by atoms with E-state index in [0.29, 0.717) is 0 Å². The standard InChI is InChI=1S/C11H24N/c1-3-4-5-6-7-8-9-10-11-12-2/h11-12H,3-10H2,1-2H3. The minimum atomic E-state index is 1.23. The molecule has 0 aliphatic carbocycles. The summed E-state index contributed by atoms with van der Waals surface area (Å²) in [6.45, 7) is 4.41. The van der Waals surface area contributed by atoms with Crippen molar-refractivity contribution in [3.8, 4) is 0 Å². The molecular formula is C11H24N. The van der Waals surface area contributed by atoms with Crippen molar-refractivity contribution < 1.29 is 0 Å². The number of hydrogen-bond donors (Lipinski definition) is 1. The first kappa shape index (κ1) is 12.0. The van der Waals surface area contributed by atoms with Crippen LogP contribution in [0.5, 0.6) is 0 Å². The van der Waals surface area contributed by atoms with Gasteiger partial charge in [0.05, 0.1) is 0 Å². The Kier molecular flexibility index (Phi) is 10.9. The van der Waals surface area contributed by atoms with Crippen molar-refractivity contribution in [2.75, 3.05) is 7.05 Å². The van der Waals surface area contributed by atoms with Crippen molar-refractivity contribution in [2.24, 2.45) is 0 Å². The molecule has 0 amide bonds. The summed E-state index contributed by atoms with van der Waals surface area (Å²) in [5.74, 6) is 0. The summed E-state index contributed by atoms with van der Waals surface area (Å²) in [4.78, 5) is 0. The summed E-state index contributed by atoms with van der Waals surface area (Å²) >= 11 is 0. The van der Waals surface area contributed by atoms with E-state index >= 15 is 0 Å². The largest absolute Gasteiger partial charge is 0.315 e. The fourth-order valence-corrected chi connectivity index (χ4v) is 1.35. The molecule has 0 saturated carbocycles. The Hall–Kier alpha value is -0.0400. The van der Waals surface area contributed by atoms with E-state index in [1.165, 1.54) is 51.4 Å². The first-order valence-corrected chi connectivity index (χ1v) is 5.40. The molecule has 0 aromatic heterocycles. The van der Waals surface area contributed by atoms with E-state index in [-0.39, 0.29) is 0 Å². The van der Waals surface area contributed by atoms with Crippen LogP contribution in [0.15, 0.2) is 0 Å². The average Bonchev–Trinajstić information content (AvgIpc) is 2.10. The Bertz CT molecular complexity index is 61.4. The molecule has 0 fully saturated rings. The molecule has 73 valence electrons. The molecule has 0 aliphatic rings. The predicted molar refractivity (Wildman–Crippen MR) is 56.0 cm³/mol. The molecule has 0 heterocycles. The normalized spacial score (nSPS) is 10.5. The molecule has 12 heavy (non-hydrogen) atoms. The Labute approximate surface area is 77.9 Å². The van der Waals surface area contributed by atoms with Gasteiger partial charge in [0.2, 0.25) is 0 Å². The van der Waals surface area contributed by atoms with E-state index in [4.69, 9.17) is 0 Å². The monoisotopic (exact) mass is 170 g/mol. The highest BCUT2D eigenvalue weighted by Crippen LogP contribution is 2.08. The van der Waals surface area contributed by atoms with E-state index in [9.17, 15) is 0 Å². The zero-order valence-corrected chi connectivity index (χ0v) is 8.73. The van der Waals surface area contributed by atoms with E-state index in [1.54, 1.807) is 0 Å². The summed E-state index contributed by atoms with van der Waals surface area (Å²) in [7, 11) is 1.97. The predicted octanol–water partition coefficient (Wildman–Crippen LogP) is 3.51. The molecule has 1 heteroatoms. The van der Waals surface area contributed by atoms with Crippen LogP contribution in [0.2, 0.25) is 0 Å². The van der Waals surface area contributed by atoms with Crippen LogP contribution in [0.1, 0.15) is 58.3 Å². The van der Waals surface area contributed by atoms with Crippen molar-refractivity contribution in [1.29, 1.82) is 0 Å². The molecule has 0 bridgehead atoms. The van der Waals surface area contributed by atoms with Gasteiger partial charge in [-0.2, -0.15) is 0 Å². The molecule has 0 spiro atoms. The first-order valence-electron chi connectivity index (χ1n) is 5.40. The Balaban J connectivity index is 2.73. The molecule has 1 N–H and O–H groups in total. The van der Waals surface area contributed by atoms with Crippen LogP contribution in [0.4, 0.5) is 0 Å². The van der Waals surface area contributed by atoms with Gasteiger partial charge in [-0.05, 0) is 13.5 Å². The van der Waals surface area contributed by atoms with Gasteiger partial charge in [-0.15, -0.1) is 0 Å². The van der Waals surface area contributed by atoms with E-state index in [0.717, 1.165) is 0 Å². The third-order valence-corrected chi connectivity index (χ3v) is 2.16. The highest BCUT2D eigenvalue weighted by molar-refractivity contribution is 4.57. The fraction of sp³-hybridized carbons (Fsp3) is 0.909. The van der Waals surface area contributed by atoms with Crippen molar-refractivity contribution in [2.45, 2.75) is 58.3 Å². The van der Waals surface area contributed by atoms with Crippen LogP contribution in [-0.2, 0) is 0 Å². The summed E-state index contributed by atoms with van der Waals surface area (Å²) in [6.07, 6.45) is 11.1. The summed E-state index contributed by atoms with van der Waals surface area (Å²) < 4.78 is 0. The zero-order valence-electron chi connectivity index (χ0n) is 8.73. The lowest BCUT2D eigenvalue weighted by Gasteiger charge is -2.00. The van der Waals surface area contributed by atoms with Gasteiger partial charge in [0.25, 0.3) is 0 Å². The maximum atomic E-state index is 3.05. The minimum Gasteiger partial charge on any atom is -0.315 e. The topological polar surface area (TPSA) is 12.0 Å². The summed E-state index contributed by atoms with van der Waals surface area (Å²) in [6, 6.07) is 0. The summed E-state index contributed by atoms with van der Waals surface area (Å²) in [5, 5.41) is 3.05. The van der Waals surface area contributed by atoms with Gasteiger partial charge < -0.3 is 5.32 Å². The lowest BCUT2D eigenvalue weighted by Crippen LogP contribution is -1.99. The van der Waals surface area contributed by atoms with E-state index in [1.807, 2.05) is 7.05 Å². The molecule has 0 aliphatic heterocycles. The molecule has 0 rings (SSSR count). The van der Waals surface area contributed by atoms with Crippen molar-refractivity contribution >= 4 is 0 Å². The maximum Gasteiger partial charge on any atom is 0.0218 e. The minimum absolute atomic E-state index is 1.23. The van der Waals surface area contributed by atoms with E-state index in [2.05, 4.69) is 18.8 Å². The van der Waals surface area contributed by atoms with Gasteiger partial charge in [0.15, 0.2) is 0 Å². The second-order valence-corrected chi connectivity index (χ2v) is 3.40. The maximum absolute atomic E-state index is 3.05. The highest BCUT2D eigenvalue weighted by Gasteiger charge is 1.90. The lowest BCUT2D eigenvalue weighted by atomic mass is 10.1. The quantitative estimate of drug-likeness (QED) is 0.522. The molecule has 0 unspecified atom stereocenters. The average molecular weight is 170 g/mol. The number of nitrogens with one attached hydrogen (secondary N) is 1. The van der Waals surface area contributed by atoms with Crippen molar-refractivity contribution in [3.63, 3.8) is 0 Å². The lowest BCUT2D eigenvalue weighted by molar-refractivity contribution is 0.583. The van der Waals surface area contributed by atoms with Gasteiger partial charge >= 0.3 is 0 Å². The van der Waals surface area contributed by atoms with Crippen LogP contribution < -0.4 is 5.32 Å². The number of rotatable bonds is 9. The second kappa shape index (κ2) is 11.0. The summed E-state index contributed by atoms with van der Waals surface area (Å²) in [5.41, 5.74) is 0. The molecule has 1 nitrogen and oxygen atoms in total. The van der Waals surface area contributed by atoms with Crippen molar-refractivity contribution in [3.05, 3.63) is 6.54 Å². The zero-order chi connectivity index (χ0) is 9.07. The van der Waals surface area contributed by atoms with Crippen molar-refractivity contribution in [1.82, 2.24) is 5.32 Å². The molecule has 1 radical (unpaired) electrons. The Morgan fingerprint density at radius 1 is 0.917 bits per heavy atom. The van der Waals surface area contributed by atoms with Crippen LogP contribution in [-0.4, -0.2) is 7.05 Å². The van der Waals surface area contributed by atoms with Crippen LogP contribution in [0, 0.1) is 6.54 Å². The van der Waals surface area contributed by atoms with Crippen LogP contribution in [0.25, 0.3) is 0 Å². The Morgan fingerprint density at radius 3 is 2.08 bits per heavy atom. The second-order valence-electron chi connectivity index (χ2n) is 3.40.